The number of rotatable bonds is 4. The molecule has 4 aliphatic heterocycles. The van der Waals surface area contributed by atoms with Gasteiger partial charge < -0.3 is 9.97 Å². The lowest BCUT2D eigenvalue weighted by molar-refractivity contribution is -0.513. The summed E-state index contributed by atoms with van der Waals surface area (Å²) in [5.74, 6) is 1.40. The number of halogens is 2. The molecule has 9 rings (SSSR count). The zero-order valence-corrected chi connectivity index (χ0v) is 29.2. The number of benzene rings is 2. The Morgan fingerprint density at radius 1 is 0.462 bits per heavy atom. The highest BCUT2D eigenvalue weighted by Gasteiger charge is 2.36. The maximum Gasteiger partial charge on any atom is 0.450 e. The van der Waals surface area contributed by atoms with Crippen molar-refractivity contribution >= 4 is 70.5 Å². The van der Waals surface area contributed by atoms with E-state index in [-0.39, 0.29) is 11.6 Å². The summed E-state index contributed by atoms with van der Waals surface area (Å²) >= 11 is 0. The van der Waals surface area contributed by atoms with Crippen molar-refractivity contribution in [2.45, 2.75) is 0 Å². The number of H-pyrrole nitrogens is 2. The highest BCUT2D eigenvalue weighted by Crippen LogP contribution is 2.35. The van der Waals surface area contributed by atoms with E-state index in [1.807, 2.05) is 38.4 Å². The van der Waals surface area contributed by atoms with Gasteiger partial charge in [-0.25, -0.2) is 18.7 Å². The molecule has 10 heteroatoms. The van der Waals surface area contributed by atoms with E-state index in [1.54, 1.807) is 24.3 Å². The van der Waals surface area contributed by atoms with Crippen LogP contribution in [0.25, 0.3) is 68.6 Å². The molecule has 0 unspecified atom stereocenters. The molecule has 0 amide bonds. The largest absolute Gasteiger partial charge is 0.450 e. The van der Waals surface area contributed by atoms with E-state index in [4.69, 9.17) is 9.97 Å². The van der Waals surface area contributed by atoms with Gasteiger partial charge in [0, 0.05) is 22.2 Å². The van der Waals surface area contributed by atoms with Crippen LogP contribution in [-0.2, 0) is 0 Å². The summed E-state index contributed by atoms with van der Waals surface area (Å²) in [6.07, 6.45) is 12.4. The number of amidine groups is 2. The topological polar surface area (TPSA) is 69.4 Å². The molecule has 5 aromatic rings. The highest BCUT2D eigenvalue weighted by molar-refractivity contribution is 6.06. The van der Waals surface area contributed by atoms with Crippen LogP contribution in [0.15, 0.2) is 72.8 Å². The number of aromatic amines is 2. The molecule has 0 radical (unpaired) electrons. The Morgan fingerprint density at radius 2 is 0.788 bits per heavy atom. The second-order valence-electron chi connectivity index (χ2n) is 13.5. The zero-order chi connectivity index (χ0) is 35.7. The molecule has 0 saturated carbocycles. The second kappa shape index (κ2) is 12.1. The van der Waals surface area contributed by atoms with E-state index in [1.165, 1.54) is 24.3 Å². The van der Waals surface area contributed by atoms with Gasteiger partial charge in [0.2, 0.25) is 25.5 Å². The number of aromatic nitrogens is 4. The molecule has 8 bridgehead atoms. The fourth-order valence-electron chi connectivity index (χ4n) is 7.63. The SMILES string of the molecule is C[N+]1=CC[N+](C)=C1c1c2nc(c(-c3ccc(F)cc3)c3ccc([nH]3)c(C3=[N+](C)CC=[N+]3C)c3nc(c(-c4ccc(F)cc4)c4ccc1[nH]4)C=C3)C=C2. The first-order valence-electron chi connectivity index (χ1n) is 17.2. The van der Waals surface area contributed by atoms with Crippen LogP contribution in [0.4, 0.5) is 8.78 Å². The van der Waals surface area contributed by atoms with Crippen LogP contribution in [0.3, 0.4) is 0 Å². The lowest BCUT2D eigenvalue weighted by Gasteiger charge is -2.05. The van der Waals surface area contributed by atoms with Gasteiger partial charge in [-0.2, -0.15) is 9.15 Å². The summed E-state index contributed by atoms with van der Waals surface area (Å²) in [4.78, 5) is 18.1. The number of nitrogens with one attached hydrogen (secondary N) is 2. The molecule has 2 N–H and O–H groups in total. The Balaban J connectivity index is 1.49. The number of hydrogen-bond donors (Lipinski definition) is 2. The van der Waals surface area contributed by atoms with Crippen LogP contribution in [0.5, 0.6) is 0 Å². The molecule has 0 spiro atoms. The molecule has 52 heavy (non-hydrogen) atoms. The van der Waals surface area contributed by atoms with Crippen molar-refractivity contribution in [2.75, 3.05) is 41.3 Å². The van der Waals surface area contributed by atoms with Crippen molar-refractivity contribution < 1.29 is 27.1 Å². The molecule has 2 aromatic carbocycles. The van der Waals surface area contributed by atoms with Gasteiger partial charge in [0.25, 0.3) is 0 Å². The van der Waals surface area contributed by atoms with E-state index in [2.05, 4.69) is 79.1 Å². The van der Waals surface area contributed by atoms with E-state index < -0.39 is 0 Å². The molecule has 254 valence electrons. The van der Waals surface area contributed by atoms with Crippen molar-refractivity contribution in [1.29, 1.82) is 0 Å². The van der Waals surface area contributed by atoms with Crippen LogP contribution < -0.4 is 0 Å². The Kier molecular flexibility index (Phi) is 7.35. The fraction of sp³-hybridized carbons (Fsp3) is 0.143. The Bertz CT molecular complexity index is 2530. The Morgan fingerprint density at radius 3 is 1.12 bits per heavy atom. The van der Waals surface area contributed by atoms with Gasteiger partial charge in [-0.3, -0.25) is 0 Å². The standard InChI is InChI=1S/C42H35F2N8/c1-49-21-22-50(2)41(49)39-33-17-13-29(45-33)37(25-5-9-27(43)10-6-25)31-15-19-35(47-31)40(42-51(3)23-24-52(42)4)36-20-16-32(48-36)38(30-14-18-34(39)46-30)26-7-11-28(44)12-8-26/h5-21,23H,22,24H2,1-4H3,(H,45,46,47,48)/q+3/p+1. The van der Waals surface area contributed by atoms with Gasteiger partial charge in [0.1, 0.15) is 39.8 Å². The smallest absolute Gasteiger partial charge is 0.354 e. The first-order chi connectivity index (χ1) is 25.2. The highest BCUT2D eigenvalue weighted by atomic mass is 19.1. The maximum atomic E-state index is 14.3. The van der Waals surface area contributed by atoms with Crippen LogP contribution in [0.2, 0.25) is 0 Å². The van der Waals surface area contributed by atoms with Gasteiger partial charge in [-0.15, -0.1) is 9.15 Å². The molecule has 7 heterocycles. The average molecular weight is 691 g/mol. The summed E-state index contributed by atoms with van der Waals surface area (Å²) in [5.41, 5.74) is 11.8. The summed E-state index contributed by atoms with van der Waals surface area (Å²) in [5, 5.41) is 0. The number of fused-ring (bicyclic) bond motifs is 8. The third-order valence-electron chi connectivity index (χ3n) is 10.1. The molecule has 0 atom stereocenters. The van der Waals surface area contributed by atoms with Crippen molar-refractivity contribution in [3.05, 3.63) is 118 Å². The monoisotopic (exact) mass is 690 g/mol. The van der Waals surface area contributed by atoms with Crippen molar-refractivity contribution in [1.82, 2.24) is 19.9 Å². The minimum atomic E-state index is -0.301. The first-order valence-corrected chi connectivity index (χ1v) is 17.2. The number of hydrogen-bond acceptors (Lipinski definition) is 2. The second-order valence-corrected chi connectivity index (χ2v) is 13.5. The van der Waals surface area contributed by atoms with Crippen molar-refractivity contribution in [2.24, 2.45) is 0 Å². The summed E-state index contributed by atoms with van der Waals surface area (Å²) in [6, 6.07) is 21.4. The van der Waals surface area contributed by atoms with Crippen LogP contribution >= 0.6 is 0 Å². The minimum absolute atomic E-state index is 0.301. The summed E-state index contributed by atoms with van der Waals surface area (Å²) < 4.78 is 37.2. The van der Waals surface area contributed by atoms with E-state index in [0.29, 0.717) is 0 Å². The maximum absolute atomic E-state index is 14.3. The molecule has 3 aromatic heterocycles. The van der Waals surface area contributed by atoms with Gasteiger partial charge in [-0.05, 0) is 84.0 Å². The predicted molar refractivity (Wildman–Crippen MR) is 204 cm³/mol. The van der Waals surface area contributed by atoms with Crippen LogP contribution in [0, 0.1) is 11.6 Å². The van der Waals surface area contributed by atoms with Gasteiger partial charge in [-0.1, -0.05) is 24.3 Å². The van der Waals surface area contributed by atoms with E-state index >= 15 is 0 Å². The molecule has 0 saturated heterocycles. The third kappa shape index (κ3) is 5.17. The third-order valence-corrected chi connectivity index (χ3v) is 10.1. The molecule has 8 nitrogen and oxygen atoms in total. The van der Waals surface area contributed by atoms with Crippen molar-refractivity contribution in [3.63, 3.8) is 0 Å². The van der Waals surface area contributed by atoms with Gasteiger partial charge >= 0.3 is 11.7 Å². The first kappa shape index (κ1) is 31.6. The fourth-order valence-corrected chi connectivity index (χ4v) is 7.63. The quantitative estimate of drug-likeness (QED) is 0.207. The van der Waals surface area contributed by atoms with Crippen LogP contribution in [-0.4, -0.2) is 104 Å². The van der Waals surface area contributed by atoms with Crippen molar-refractivity contribution in [3.8, 4) is 22.3 Å². The zero-order valence-electron chi connectivity index (χ0n) is 29.2. The average Bonchev–Trinajstić information content (AvgIpc) is 4.00. The lowest BCUT2D eigenvalue weighted by Crippen LogP contribution is -2.22. The Labute approximate surface area is 298 Å². The summed E-state index contributed by atoms with van der Waals surface area (Å²) in [6.45, 7) is 1.50. The lowest BCUT2D eigenvalue weighted by atomic mass is 10.0. The summed E-state index contributed by atoms with van der Waals surface area (Å²) in [7, 11) is 8.23. The normalized spacial score (nSPS) is 15.3. The molecule has 0 fully saturated rings. The van der Waals surface area contributed by atoms with Crippen LogP contribution in [0.1, 0.15) is 33.9 Å². The molecular formula is C42H36F2N8+4. The van der Waals surface area contributed by atoms with Gasteiger partial charge in [0.15, 0.2) is 11.1 Å². The predicted octanol–water partition coefficient (Wildman–Crippen LogP) is 6.50. The number of nitrogens with zero attached hydrogens (tertiary/aromatic N) is 6. The molecule has 0 aliphatic carbocycles. The van der Waals surface area contributed by atoms with E-state index in [0.717, 1.165) is 103 Å². The minimum Gasteiger partial charge on any atom is -0.354 e. The van der Waals surface area contributed by atoms with Gasteiger partial charge in [0.05, 0.1) is 33.8 Å². The van der Waals surface area contributed by atoms with E-state index in [9.17, 15) is 8.78 Å². The molecular weight excluding hydrogens is 655 g/mol. The molecule has 4 aliphatic rings. The Hall–Kier alpha value is -6.42.